The van der Waals surface area contributed by atoms with Crippen LogP contribution in [0.5, 0.6) is 0 Å². The Morgan fingerprint density at radius 1 is 1.32 bits per heavy atom. The zero-order valence-corrected chi connectivity index (χ0v) is 12.0. The van der Waals surface area contributed by atoms with Gasteiger partial charge < -0.3 is 9.73 Å². The predicted molar refractivity (Wildman–Crippen MR) is 77.1 cm³/mol. The van der Waals surface area contributed by atoms with Crippen LogP contribution in [0.3, 0.4) is 0 Å². The van der Waals surface area contributed by atoms with Gasteiger partial charge in [-0.05, 0) is 63.2 Å². The minimum atomic E-state index is 0.484. The molecule has 0 spiro atoms. The van der Waals surface area contributed by atoms with Crippen LogP contribution >= 0.6 is 0 Å². The van der Waals surface area contributed by atoms with Crippen molar-refractivity contribution in [2.75, 3.05) is 19.6 Å². The first-order valence-electron chi connectivity index (χ1n) is 7.88. The monoisotopic (exact) mass is 262 g/mol. The molecule has 2 aliphatic rings. The number of nitrogens with one attached hydrogen (secondary N) is 1. The Morgan fingerprint density at radius 3 is 2.68 bits per heavy atom. The Morgan fingerprint density at radius 2 is 2.11 bits per heavy atom. The standard InChI is InChI=1S/C16H26N2O/c1-2-15(16-4-3-11-19-16)18(14-5-6-14)12-13-7-9-17-10-8-13/h3-4,11,13-15,17H,2,5-10,12H2,1H3. The molecule has 3 heteroatoms. The van der Waals surface area contributed by atoms with Gasteiger partial charge in [0.05, 0.1) is 12.3 Å². The second kappa shape index (κ2) is 6.10. The SMILES string of the molecule is CCC(c1ccco1)N(CC1CCNCC1)C1CC1. The Hall–Kier alpha value is -0.800. The molecule has 2 fully saturated rings. The molecule has 3 nitrogen and oxygen atoms in total. The van der Waals surface area contributed by atoms with Gasteiger partial charge in [0.25, 0.3) is 0 Å². The first-order chi connectivity index (χ1) is 9.38. The Bertz CT molecular complexity index is 366. The smallest absolute Gasteiger partial charge is 0.120 e. The van der Waals surface area contributed by atoms with E-state index in [1.54, 1.807) is 0 Å². The number of piperidine rings is 1. The minimum Gasteiger partial charge on any atom is -0.468 e. The maximum atomic E-state index is 5.68. The lowest BCUT2D eigenvalue weighted by atomic mass is 9.96. The van der Waals surface area contributed by atoms with Crippen LogP contribution in [-0.4, -0.2) is 30.6 Å². The highest BCUT2D eigenvalue weighted by Gasteiger charge is 2.36. The normalized spacial score (nSPS) is 22.8. The van der Waals surface area contributed by atoms with Crippen LogP contribution in [0, 0.1) is 5.92 Å². The molecule has 1 saturated carbocycles. The van der Waals surface area contributed by atoms with E-state index in [0.29, 0.717) is 6.04 Å². The zero-order chi connectivity index (χ0) is 13.1. The van der Waals surface area contributed by atoms with Gasteiger partial charge in [0.2, 0.25) is 0 Å². The molecule has 2 heterocycles. The van der Waals surface area contributed by atoms with Crippen LogP contribution in [0.2, 0.25) is 0 Å². The molecule has 1 N–H and O–H groups in total. The van der Waals surface area contributed by atoms with E-state index in [4.69, 9.17) is 4.42 Å². The third-order valence-corrected chi connectivity index (χ3v) is 4.60. The average molecular weight is 262 g/mol. The molecule has 106 valence electrons. The van der Waals surface area contributed by atoms with Crippen molar-refractivity contribution in [2.24, 2.45) is 5.92 Å². The van der Waals surface area contributed by atoms with Crippen molar-refractivity contribution in [2.45, 2.75) is 51.1 Å². The summed E-state index contributed by atoms with van der Waals surface area (Å²) in [7, 11) is 0. The van der Waals surface area contributed by atoms with Gasteiger partial charge in [0.1, 0.15) is 5.76 Å². The lowest BCUT2D eigenvalue weighted by molar-refractivity contribution is 0.124. The van der Waals surface area contributed by atoms with E-state index < -0.39 is 0 Å². The van der Waals surface area contributed by atoms with Gasteiger partial charge in [0.15, 0.2) is 0 Å². The van der Waals surface area contributed by atoms with E-state index in [9.17, 15) is 0 Å². The number of nitrogens with zero attached hydrogens (tertiary/aromatic N) is 1. The molecule has 1 aliphatic heterocycles. The van der Waals surface area contributed by atoms with Crippen molar-refractivity contribution < 1.29 is 4.42 Å². The van der Waals surface area contributed by atoms with Crippen LogP contribution in [0.1, 0.15) is 50.8 Å². The largest absolute Gasteiger partial charge is 0.468 e. The number of hydrogen-bond donors (Lipinski definition) is 1. The van der Waals surface area contributed by atoms with Crippen molar-refractivity contribution in [3.63, 3.8) is 0 Å². The maximum Gasteiger partial charge on any atom is 0.120 e. The molecule has 1 aromatic heterocycles. The average Bonchev–Trinajstić information content (AvgIpc) is 3.16. The Balaban J connectivity index is 1.68. The molecule has 0 bridgehead atoms. The molecule has 19 heavy (non-hydrogen) atoms. The van der Waals surface area contributed by atoms with Gasteiger partial charge in [-0.2, -0.15) is 0 Å². The van der Waals surface area contributed by atoms with Gasteiger partial charge in [-0.1, -0.05) is 6.92 Å². The molecule has 1 unspecified atom stereocenters. The third kappa shape index (κ3) is 3.21. The van der Waals surface area contributed by atoms with Crippen LogP contribution < -0.4 is 5.32 Å². The van der Waals surface area contributed by atoms with Gasteiger partial charge in [0, 0.05) is 12.6 Å². The summed E-state index contributed by atoms with van der Waals surface area (Å²) in [4.78, 5) is 2.73. The number of rotatable bonds is 6. The van der Waals surface area contributed by atoms with Gasteiger partial charge >= 0.3 is 0 Å². The molecule has 1 aliphatic carbocycles. The Kier molecular flexibility index (Phi) is 4.24. The van der Waals surface area contributed by atoms with Crippen LogP contribution in [-0.2, 0) is 0 Å². The number of hydrogen-bond acceptors (Lipinski definition) is 3. The van der Waals surface area contributed by atoms with E-state index in [1.165, 1.54) is 45.3 Å². The molecule has 1 aromatic rings. The fourth-order valence-electron chi connectivity index (χ4n) is 3.38. The van der Waals surface area contributed by atoms with Crippen molar-refractivity contribution in [3.05, 3.63) is 24.2 Å². The quantitative estimate of drug-likeness (QED) is 0.853. The summed E-state index contributed by atoms with van der Waals surface area (Å²) in [6.07, 6.45) is 8.38. The van der Waals surface area contributed by atoms with Crippen LogP contribution in [0.15, 0.2) is 22.8 Å². The molecular formula is C16H26N2O. The Labute approximate surface area is 116 Å². The van der Waals surface area contributed by atoms with E-state index >= 15 is 0 Å². The van der Waals surface area contributed by atoms with Crippen molar-refractivity contribution >= 4 is 0 Å². The fourth-order valence-corrected chi connectivity index (χ4v) is 3.38. The summed E-state index contributed by atoms with van der Waals surface area (Å²) in [5.74, 6) is 2.02. The van der Waals surface area contributed by atoms with Gasteiger partial charge in [-0.25, -0.2) is 0 Å². The highest BCUT2D eigenvalue weighted by molar-refractivity contribution is 5.07. The summed E-state index contributed by atoms with van der Waals surface area (Å²) < 4.78 is 5.68. The minimum absolute atomic E-state index is 0.484. The molecule has 3 rings (SSSR count). The molecule has 0 radical (unpaired) electrons. The first kappa shape index (κ1) is 13.2. The van der Waals surface area contributed by atoms with E-state index in [1.807, 2.05) is 12.3 Å². The van der Waals surface area contributed by atoms with Crippen LogP contribution in [0.4, 0.5) is 0 Å². The molecule has 1 saturated heterocycles. The first-order valence-corrected chi connectivity index (χ1v) is 7.88. The topological polar surface area (TPSA) is 28.4 Å². The molecular weight excluding hydrogens is 236 g/mol. The fraction of sp³-hybridized carbons (Fsp3) is 0.750. The third-order valence-electron chi connectivity index (χ3n) is 4.60. The van der Waals surface area contributed by atoms with Crippen molar-refractivity contribution in [1.82, 2.24) is 10.2 Å². The summed E-state index contributed by atoms with van der Waals surface area (Å²) in [5, 5.41) is 3.47. The van der Waals surface area contributed by atoms with Crippen molar-refractivity contribution in [1.29, 1.82) is 0 Å². The summed E-state index contributed by atoms with van der Waals surface area (Å²) in [5.41, 5.74) is 0. The molecule has 0 amide bonds. The van der Waals surface area contributed by atoms with Gasteiger partial charge in [-0.3, -0.25) is 4.90 Å². The second-order valence-electron chi connectivity index (χ2n) is 6.06. The lowest BCUT2D eigenvalue weighted by Crippen LogP contribution is -2.39. The summed E-state index contributed by atoms with van der Waals surface area (Å²) in [6, 6.07) is 5.46. The maximum absolute atomic E-state index is 5.68. The van der Waals surface area contributed by atoms with Gasteiger partial charge in [-0.15, -0.1) is 0 Å². The highest BCUT2D eigenvalue weighted by atomic mass is 16.3. The van der Waals surface area contributed by atoms with E-state index in [-0.39, 0.29) is 0 Å². The summed E-state index contributed by atoms with van der Waals surface area (Å²) >= 11 is 0. The van der Waals surface area contributed by atoms with Crippen LogP contribution in [0.25, 0.3) is 0 Å². The second-order valence-corrected chi connectivity index (χ2v) is 6.06. The molecule has 1 atom stereocenters. The van der Waals surface area contributed by atoms with Crippen molar-refractivity contribution in [3.8, 4) is 0 Å². The summed E-state index contributed by atoms with van der Waals surface area (Å²) in [6.45, 7) is 5.93. The zero-order valence-electron chi connectivity index (χ0n) is 12.0. The highest BCUT2D eigenvalue weighted by Crippen LogP contribution is 2.37. The predicted octanol–water partition coefficient (Wildman–Crippen LogP) is 3.19. The van der Waals surface area contributed by atoms with E-state index in [2.05, 4.69) is 23.2 Å². The van der Waals surface area contributed by atoms with E-state index in [0.717, 1.165) is 24.1 Å². The lowest BCUT2D eigenvalue weighted by Gasteiger charge is -2.34. The molecule has 0 aromatic carbocycles. The number of furan rings is 1.